The molecule has 0 spiro atoms. The van der Waals surface area contributed by atoms with E-state index < -0.39 is 0 Å². The summed E-state index contributed by atoms with van der Waals surface area (Å²) in [5, 5.41) is 3.31. The monoisotopic (exact) mass is 327 g/mol. The summed E-state index contributed by atoms with van der Waals surface area (Å²) >= 11 is 5.77. The Balaban J connectivity index is 1.90. The summed E-state index contributed by atoms with van der Waals surface area (Å²) in [6, 6.07) is 3.37. The zero-order valence-corrected chi connectivity index (χ0v) is 13.9. The Labute approximate surface area is 135 Å². The molecule has 0 saturated carbocycles. The van der Waals surface area contributed by atoms with E-state index in [1.165, 1.54) is 6.20 Å². The van der Waals surface area contributed by atoms with E-state index in [4.69, 9.17) is 21.1 Å². The highest BCUT2D eigenvalue weighted by Crippen LogP contribution is 2.21. The number of rotatable bonds is 5. The van der Waals surface area contributed by atoms with E-state index in [1.54, 1.807) is 19.2 Å². The van der Waals surface area contributed by atoms with Crippen LogP contribution in [0.1, 0.15) is 13.8 Å². The second-order valence-electron chi connectivity index (χ2n) is 6.03. The van der Waals surface area contributed by atoms with Gasteiger partial charge >= 0.3 is 0 Å². The van der Waals surface area contributed by atoms with Crippen molar-refractivity contribution in [3.63, 3.8) is 0 Å². The first kappa shape index (κ1) is 17.1. The lowest BCUT2D eigenvalue weighted by Gasteiger charge is -2.42. The number of carbonyl (C=O) groups excluding carboxylic acids is 1. The summed E-state index contributed by atoms with van der Waals surface area (Å²) < 4.78 is 11.1. The Morgan fingerprint density at radius 3 is 3.00 bits per heavy atom. The molecule has 2 heterocycles. The molecular weight excluding hydrogens is 306 g/mol. The zero-order chi connectivity index (χ0) is 16.2. The molecule has 22 heavy (non-hydrogen) atoms. The Kier molecular flexibility index (Phi) is 5.74. The van der Waals surface area contributed by atoms with Crippen molar-refractivity contribution in [2.75, 3.05) is 38.7 Å². The molecule has 1 amide bonds. The third kappa shape index (κ3) is 5.21. The molecule has 0 bridgehead atoms. The second kappa shape index (κ2) is 7.37. The number of carbonyl (C=O) groups is 1. The highest BCUT2D eigenvalue weighted by atomic mass is 35.5. The highest BCUT2D eigenvalue weighted by molar-refractivity contribution is 6.30. The largest absolute Gasteiger partial charge is 0.382 e. The van der Waals surface area contributed by atoms with Crippen LogP contribution in [0.3, 0.4) is 0 Å². The Morgan fingerprint density at radius 2 is 2.36 bits per heavy atom. The van der Waals surface area contributed by atoms with Crippen LogP contribution in [0.2, 0.25) is 5.02 Å². The van der Waals surface area contributed by atoms with E-state index in [0.29, 0.717) is 30.5 Å². The van der Waals surface area contributed by atoms with Crippen molar-refractivity contribution >= 4 is 23.3 Å². The van der Waals surface area contributed by atoms with Gasteiger partial charge in [-0.05, 0) is 26.0 Å². The van der Waals surface area contributed by atoms with Crippen molar-refractivity contribution in [2.24, 2.45) is 0 Å². The highest BCUT2D eigenvalue weighted by Gasteiger charge is 2.34. The zero-order valence-electron chi connectivity index (χ0n) is 13.1. The summed E-state index contributed by atoms with van der Waals surface area (Å²) in [6.07, 6.45) is 1.47. The molecule has 1 aromatic rings. The van der Waals surface area contributed by atoms with E-state index >= 15 is 0 Å². The van der Waals surface area contributed by atoms with E-state index in [1.807, 2.05) is 13.8 Å². The molecule has 1 unspecified atom stereocenters. The summed E-state index contributed by atoms with van der Waals surface area (Å²) in [4.78, 5) is 18.3. The van der Waals surface area contributed by atoms with Gasteiger partial charge in [0.2, 0.25) is 5.91 Å². The van der Waals surface area contributed by atoms with Crippen molar-refractivity contribution in [2.45, 2.75) is 25.6 Å². The van der Waals surface area contributed by atoms with Crippen LogP contribution in [-0.2, 0) is 14.3 Å². The fraction of sp³-hybridized carbons (Fsp3) is 0.600. The van der Waals surface area contributed by atoms with Gasteiger partial charge in [0.15, 0.2) is 0 Å². The summed E-state index contributed by atoms with van der Waals surface area (Å²) in [5.41, 5.74) is -0.305. The number of halogens is 1. The minimum atomic E-state index is -0.305. The maximum Gasteiger partial charge on any atom is 0.239 e. The first-order valence-electron chi connectivity index (χ1n) is 7.18. The molecule has 2 rings (SSSR count). The number of methoxy groups -OCH3 is 1. The first-order valence-corrected chi connectivity index (χ1v) is 7.56. The second-order valence-corrected chi connectivity index (χ2v) is 6.47. The Morgan fingerprint density at radius 1 is 1.59 bits per heavy atom. The van der Waals surface area contributed by atoms with E-state index in [9.17, 15) is 4.79 Å². The smallest absolute Gasteiger partial charge is 0.239 e. The minimum Gasteiger partial charge on any atom is -0.382 e. The number of amides is 1. The Bertz CT molecular complexity index is 507. The fourth-order valence-corrected chi connectivity index (χ4v) is 2.76. The van der Waals surface area contributed by atoms with Gasteiger partial charge in [-0.15, -0.1) is 0 Å². The van der Waals surface area contributed by atoms with E-state index in [2.05, 4.69) is 15.2 Å². The van der Waals surface area contributed by atoms with Crippen LogP contribution in [0, 0.1) is 0 Å². The normalized spacial score (nSPS) is 21.5. The molecule has 1 N–H and O–H groups in total. The average Bonchev–Trinajstić information content (AvgIpc) is 2.39. The minimum absolute atomic E-state index is 0.0322. The number of aromatic nitrogens is 1. The molecular formula is C15H22ClN3O3. The number of hydrogen-bond acceptors (Lipinski definition) is 5. The SMILES string of the molecule is COCC1CN(CC(=O)Nc2ccc(Cl)cn2)CC(C)(C)O1. The standard InChI is InChI=1S/C15H22ClN3O3/c1-15(2)10-19(7-12(22-15)9-21-3)8-14(20)18-13-5-4-11(16)6-17-13/h4-6,12H,7-10H2,1-3H3,(H,17,18,20). The van der Waals surface area contributed by atoms with Gasteiger partial charge in [-0.25, -0.2) is 4.98 Å². The number of pyridine rings is 1. The van der Waals surface area contributed by atoms with Gasteiger partial charge in [0.05, 0.1) is 29.9 Å². The van der Waals surface area contributed by atoms with Gasteiger partial charge in [0, 0.05) is 26.4 Å². The number of nitrogens with zero attached hydrogens (tertiary/aromatic N) is 2. The topological polar surface area (TPSA) is 63.7 Å². The van der Waals surface area contributed by atoms with Gasteiger partial charge in [-0.1, -0.05) is 11.6 Å². The maximum absolute atomic E-state index is 12.1. The van der Waals surface area contributed by atoms with Crippen molar-refractivity contribution in [3.8, 4) is 0 Å². The molecule has 1 aliphatic heterocycles. The third-order valence-corrected chi connectivity index (χ3v) is 3.49. The van der Waals surface area contributed by atoms with Crippen molar-refractivity contribution < 1.29 is 14.3 Å². The molecule has 0 radical (unpaired) electrons. The van der Waals surface area contributed by atoms with E-state index in [0.717, 1.165) is 0 Å². The van der Waals surface area contributed by atoms with Gasteiger partial charge < -0.3 is 14.8 Å². The quantitative estimate of drug-likeness (QED) is 0.893. The summed E-state index contributed by atoms with van der Waals surface area (Å²) in [7, 11) is 1.65. The van der Waals surface area contributed by atoms with Crippen LogP contribution < -0.4 is 5.32 Å². The van der Waals surface area contributed by atoms with Crippen LogP contribution in [0.25, 0.3) is 0 Å². The van der Waals surface area contributed by atoms with Gasteiger partial charge in [-0.3, -0.25) is 9.69 Å². The predicted octanol–water partition coefficient (Wildman–Crippen LogP) is 1.80. The van der Waals surface area contributed by atoms with Gasteiger partial charge in [0.25, 0.3) is 0 Å². The molecule has 0 aromatic carbocycles. The lowest BCUT2D eigenvalue weighted by molar-refractivity contribution is -0.154. The molecule has 1 saturated heterocycles. The van der Waals surface area contributed by atoms with Crippen molar-refractivity contribution in [3.05, 3.63) is 23.4 Å². The molecule has 6 nitrogen and oxygen atoms in total. The number of morpholine rings is 1. The predicted molar refractivity (Wildman–Crippen MR) is 85.1 cm³/mol. The third-order valence-electron chi connectivity index (χ3n) is 3.27. The number of nitrogens with one attached hydrogen (secondary N) is 1. The molecule has 1 atom stereocenters. The summed E-state index contributed by atoms with van der Waals surface area (Å²) in [5.74, 6) is 0.388. The van der Waals surface area contributed by atoms with Crippen molar-refractivity contribution in [1.29, 1.82) is 0 Å². The number of ether oxygens (including phenoxy) is 2. The maximum atomic E-state index is 12.1. The van der Waals surface area contributed by atoms with Crippen LogP contribution in [0.5, 0.6) is 0 Å². The van der Waals surface area contributed by atoms with Gasteiger partial charge in [0.1, 0.15) is 5.82 Å². The molecule has 1 fully saturated rings. The summed E-state index contributed by atoms with van der Waals surface area (Å²) in [6.45, 7) is 6.19. The molecule has 0 aliphatic carbocycles. The first-order chi connectivity index (χ1) is 10.4. The fourth-order valence-electron chi connectivity index (χ4n) is 2.65. The lowest BCUT2D eigenvalue weighted by Crippen LogP contribution is -2.55. The van der Waals surface area contributed by atoms with Gasteiger partial charge in [-0.2, -0.15) is 0 Å². The van der Waals surface area contributed by atoms with Crippen LogP contribution in [-0.4, -0.2) is 60.8 Å². The van der Waals surface area contributed by atoms with E-state index in [-0.39, 0.29) is 24.2 Å². The molecule has 7 heteroatoms. The van der Waals surface area contributed by atoms with Crippen molar-refractivity contribution in [1.82, 2.24) is 9.88 Å². The molecule has 1 aliphatic rings. The van der Waals surface area contributed by atoms with Crippen LogP contribution in [0.15, 0.2) is 18.3 Å². The molecule has 1 aromatic heterocycles. The van der Waals surface area contributed by atoms with Crippen LogP contribution >= 0.6 is 11.6 Å². The molecule has 122 valence electrons. The lowest BCUT2D eigenvalue weighted by atomic mass is 10.1. The number of anilines is 1. The Hall–Kier alpha value is -1.21. The van der Waals surface area contributed by atoms with Crippen LogP contribution in [0.4, 0.5) is 5.82 Å². The average molecular weight is 328 g/mol. The number of hydrogen-bond donors (Lipinski definition) is 1.